The van der Waals surface area contributed by atoms with E-state index in [0.29, 0.717) is 24.2 Å². The van der Waals surface area contributed by atoms with Crippen LogP contribution < -0.4 is 5.73 Å². The molecule has 1 aliphatic rings. The number of aromatic nitrogens is 1. The number of nitrogens with zero attached hydrogens (tertiary/aromatic N) is 2. The maximum atomic E-state index is 10.1. The Morgan fingerprint density at radius 2 is 2.39 bits per heavy atom. The second-order valence-corrected chi connectivity index (χ2v) is 4.88. The van der Waals surface area contributed by atoms with Crippen molar-refractivity contribution in [3.63, 3.8) is 0 Å². The molecule has 0 bridgehead atoms. The van der Waals surface area contributed by atoms with E-state index in [0.717, 1.165) is 6.42 Å². The summed E-state index contributed by atoms with van der Waals surface area (Å²) in [5, 5.41) is 19.6. The first-order chi connectivity index (χ1) is 8.61. The predicted octanol–water partition coefficient (Wildman–Crippen LogP) is 1.77. The van der Waals surface area contributed by atoms with Crippen LogP contribution in [0.5, 0.6) is 0 Å². The van der Waals surface area contributed by atoms with Gasteiger partial charge in [-0.2, -0.15) is 5.26 Å². The first-order valence-electron chi connectivity index (χ1n) is 6.05. The fourth-order valence-corrected chi connectivity index (χ4v) is 2.57. The summed E-state index contributed by atoms with van der Waals surface area (Å²) in [5.41, 5.74) is 6.17. The lowest BCUT2D eigenvalue weighted by atomic mass is 9.68. The van der Waals surface area contributed by atoms with Crippen LogP contribution in [0.15, 0.2) is 31.0 Å². The van der Waals surface area contributed by atoms with Crippen LogP contribution in [0.25, 0.3) is 0 Å². The number of hydrogen-bond donors (Lipinski definition) is 2. The third-order valence-electron chi connectivity index (χ3n) is 3.75. The Morgan fingerprint density at radius 1 is 1.61 bits per heavy atom. The molecule has 0 spiro atoms. The zero-order chi connectivity index (χ0) is 13.2. The van der Waals surface area contributed by atoms with E-state index in [1.807, 2.05) is 0 Å². The Morgan fingerprint density at radius 3 is 2.89 bits per heavy atom. The van der Waals surface area contributed by atoms with E-state index < -0.39 is 11.5 Å². The molecule has 4 nitrogen and oxygen atoms in total. The van der Waals surface area contributed by atoms with Gasteiger partial charge in [0.05, 0.1) is 29.8 Å². The predicted molar refractivity (Wildman–Crippen MR) is 69.5 cm³/mol. The van der Waals surface area contributed by atoms with E-state index >= 15 is 0 Å². The number of aliphatic hydroxyl groups is 1. The number of nitrogens with two attached hydrogens (primary N) is 1. The highest BCUT2D eigenvalue weighted by Gasteiger charge is 2.42. The van der Waals surface area contributed by atoms with Gasteiger partial charge in [-0.15, -0.1) is 6.58 Å². The highest BCUT2D eigenvalue weighted by molar-refractivity contribution is 5.38. The van der Waals surface area contributed by atoms with Crippen molar-refractivity contribution in [2.45, 2.75) is 30.8 Å². The maximum Gasteiger partial charge on any atom is 0.102 e. The fourth-order valence-electron chi connectivity index (χ4n) is 2.57. The molecule has 0 aromatic carbocycles. The second-order valence-electron chi connectivity index (χ2n) is 4.88. The summed E-state index contributed by atoms with van der Waals surface area (Å²) >= 11 is 0. The van der Waals surface area contributed by atoms with Crippen molar-refractivity contribution in [3.05, 3.63) is 36.7 Å². The lowest BCUT2D eigenvalue weighted by Gasteiger charge is -2.36. The van der Waals surface area contributed by atoms with Crippen molar-refractivity contribution < 1.29 is 5.11 Å². The molecule has 18 heavy (non-hydrogen) atoms. The molecule has 1 aromatic heterocycles. The molecule has 1 aromatic rings. The van der Waals surface area contributed by atoms with Gasteiger partial charge in [0.1, 0.15) is 5.41 Å². The Hall–Kier alpha value is -1.86. The molecule has 1 heterocycles. The van der Waals surface area contributed by atoms with Crippen LogP contribution in [0.2, 0.25) is 0 Å². The summed E-state index contributed by atoms with van der Waals surface area (Å²) in [5.74, 6) is 0.0697. The van der Waals surface area contributed by atoms with Gasteiger partial charge in [0, 0.05) is 5.92 Å². The molecule has 3 atom stereocenters. The van der Waals surface area contributed by atoms with Crippen LogP contribution in [0.3, 0.4) is 0 Å². The average molecular weight is 243 g/mol. The van der Waals surface area contributed by atoms with E-state index in [1.54, 1.807) is 24.4 Å². The first kappa shape index (κ1) is 12.6. The fraction of sp³-hybridized carbons (Fsp3) is 0.429. The van der Waals surface area contributed by atoms with Crippen molar-refractivity contribution >= 4 is 5.69 Å². The average Bonchev–Trinajstić information content (AvgIpc) is 2.39. The molecule has 4 heteroatoms. The summed E-state index contributed by atoms with van der Waals surface area (Å²) in [6.07, 6.45) is 4.63. The Balaban J connectivity index is 2.31. The molecule has 3 N–H and O–H groups in total. The maximum absolute atomic E-state index is 10.1. The van der Waals surface area contributed by atoms with E-state index in [-0.39, 0.29) is 5.92 Å². The highest BCUT2D eigenvalue weighted by atomic mass is 16.3. The monoisotopic (exact) mass is 243 g/mol. The van der Waals surface area contributed by atoms with E-state index in [4.69, 9.17) is 5.73 Å². The lowest BCUT2D eigenvalue weighted by molar-refractivity contribution is 0.0659. The molecule has 2 rings (SSSR count). The van der Waals surface area contributed by atoms with E-state index in [1.165, 1.54) is 0 Å². The van der Waals surface area contributed by atoms with Crippen LogP contribution in [0.4, 0.5) is 5.69 Å². The number of nitrogen functional groups attached to an aromatic ring is 1. The number of rotatable bonds is 2. The minimum atomic E-state index is -0.702. The molecule has 1 saturated carbocycles. The van der Waals surface area contributed by atoms with Crippen molar-refractivity contribution in [1.29, 1.82) is 5.26 Å². The summed E-state index contributed by atoms with van der Waals surface area (Å²) in [6, 6.07) is 5.85. The van der Waals surface area contributed by atoms with Crippen molar-refractivity contribution in [2.24, 2.45) is 5.92 Å². The smallest absolute Gasteiger partial charge is 0.102 e. The molecule has 1 aliphatic carbocycles. The second kappa shape index (κ2) is 4.79. The largest absolute Gasteiger partial charge is 0.397 e. The number of anilines is 1. The summed E-state index contributed by atoms with van der Waals surface area (Å²) in [7, 11) is 0. The van der Waals surface area contributed by atoms with Crippen molar-refractivity contribution in [2.75, 3.05) is 5.73 Å². The van der Waals surface area contributed by atoms with Crippen LogP contribution in [0.1, 0.15) is 25.0 Å². The van der Waals surface area contributed by atoms with E-state index in [2.05, 4.69) is 17.6 Å². The van der Waals surface area contributed by atoms with Gasteiger partial charge in [-0.05, 0) is 31.4 Å². The Bertz CT molecular complexity index is 477. The van der Waals surface area contributed by atoms with Gasteiger partial charge < -0.3 is 10.8 Å². The third kappa shape index (κ3) is 2.09. The number of pyridine rings is 1. The van der Waals surface area contributed by atoms with Gasteiger partial charge in [-0.1, -0.05) is 6.08 Å². The van der Waals surface area contributed by atoms with E-state index in [9.17, 15) is 10.4 Å². The normalized spacial score (nSPS) is 31.6. The first-order valence-corrected chi connectivity index (χ1v) is 6.05. The topological polar surface area (TPSA) is 82.9 Å². The minimum Gasteiger partial charge on any atom is -0.397 e. The number of nitriles is 1. The van der Waals surface area contributed by atoms with Crippen molar-refractivity contribution in [1.82, 2.24) is 4.98 Å². The third-order valence-corrected chi connectivity index (χ3v) is 3.75. The van der Waals surface area contributed by atoms with Gasteiger partial charge in [-0.3, -0.25) is 4.98 Å². The number of hydrogen-bond acceptors (Lipinski definition) is 4. The summed E-state index contributed by atoms with van der Waals surface area (Å²) < 4.78 is 0. The number of aliphatic hydroxyl groups excluding tert-OH is 1. The lowest BCUT2D eigenvalue weighted by Crippen LogP contribution is -2.39. The molecule has 0 amide bonds. The SMILES string of the molecule is C=CC1CCC(C#N)(c2ccc(N)cn2)CC1O. The molecule has 3 unspecified atom stereocenters. The quantitative estimate of drug-likeness (QED) is 0.775. The van der Waals surface area contributed by atoms with Gasteiger partial charge in [0.15, 0.2) is 0 Å². The summed E-state index contributed by atoms with van der Waals surface area (Å²) in [4.78, 5) is 4.25. The molecule has 94 valence electrons. The molecular weight excluding hydrogens is 226 g/mol. The molecule has 0 aliphatic heterocycles. The Kier molecular flexibility index (Phi) is 3.35. The van der Waals surface area contributed by atoms with Crippen LogP contribution in [-0.4, -0.2) is 16.2 Å². The van der Waals surface area contributed by atoms with Gasteiger partial charge in [0.25, 0.3) is 0 Å². The van der Waals surface area contributed by atoms with Crippen LogP contribution in [-0.2, 0) is 5.41 Å². The van der Waals surface area contributed by atoms with Crippen LogP contribution >= 0.6 is 0 Å². The van der Waals surface area contributed by atoms with Crippen molar-refractivity contribution in [3.8, 4) is 6.07 Å². The highest BCUT2D eigenvalue weighted by Crippen LogP contribution is 2.40. The van der Waals surface area contributed by atoms with Crippen LogP contribution in [0, 0.1) is 17.2 Å². The molecule has 0 radical (unpaired) electrons. The minimum absolute atomic E-state index is 0.0697. The van der Waals surface area contributed by atoms with Gasteiger partial charge >= 0.3 is 0 Å². The summed E-state index contributed by atoms with van der Waals surface area (Å²) in [6.45, 7) is 3.72. The molecule has 1 fully saturated rings. The Labute approximate surface area is 107 Å². The van der Waals surface area contributed by atoms with Gasteiger partial charge in [-0.25, -0.2) is 0 Å². The molecular formula is C14H17N3O. The molecule has 0 saturated heterocycles. The zero-order valence-electron chi connectivity index (χ0n) is 10.2. The standard InChI is InChI=1S/C14H17N3O/c1-2-10-5-6-14(9-15,7-12(10)18)13-4-3-11(16)8-17-13/h2-4,8,10,12,18H,1,5-7,16H2. The van der Waals surface area contributed by atoms with Gasteiger partial charge in [0.2, 0.25) is 0 Å². The zero-order valence-corrected chi connectivity index (χ0v) is 10.2.